The Balaban J connectivity index is 1.64. The van der Waals surface area contributed by atoms with E-state index < -0.39 is 29.4 Å². The van der Waals surface area contributed by atoms with Gasteiger partial charge in [0.2, 0.25) is 11.9 Å². The minimum absolute atomic E-state index is 0.198. The normalized spacial score (nSPS) is 12.5. The van der Waals surface area contributed by atoms with Crippen LogP contribution in [-0.4, -0.2) is 33.9 Å². The van der Waals surface area contributed by atoms with Crippen LogP contribution in [0.4, 0.5) is 21.7 Å². The Kier molecular flexibility index (Phi) is 5.47. The summed E-state index contributed by atoms with van der Waals surface area (Å²) in [5.74, 6) is -0.406. The van der Waals surface area contributed by atoms with Gasteiger partial charge in [0.1, 0.15) is 18.1 Å². The third kappa shape index (κ3) is 4.02. The van der Waals surface area contributed by atoms with Crippen LogP contribution in [-0.2, 0) is 17.9 Å². The number of nitrogens with zero attached hydrogens (tertiary/aromatic N) is 4. The summed E-state index contributed by atoms with van der Waals surface area (Å²) in [6.45, 7) is 0.138. The van der Waals surface area contributed by atoms with E-state index in [2.05, 4.69) is 10.4 Å². The molecule has 1 aliphatic heterocycles. The highest BCUT2D eigenvalue weighted by atomic mass is 35.5. The van der Waals surface area contributed by atoms with Gasteiger partial charge in [0.05, 0.1) is 12.8 Å². The quantitative estimate of drug-likeness (QED) is 0.603. The zero-order valence-electron chi connectivity index (χ0n) is 16.3. The molecule has 0 aliphatic carbocycles. The topological polar surface area (TPSA) is 98.5 Å². The van der Waals surface area contributed by atoms with E-state index in [9.17, 15) is 18.8 Å². The molecule has 2 heterocycles. The first-order valence-corrected chi connectivity index (χ1v) is 9.63. The number of nitrogens with one attached hydrogen (secondary N) is 1. The second-order valence-electron chi connectivity index (χ2n) is 6.74. The lowest BCUT2D eigenvalue weighted by Gasteiger charge is -2.18. The lowest BCUT2D eigenvalue weighted by Crippen LogP contribution is -2.44. The molecular weight excluding hydrogens is 429 g/mol. The number of benzene rings is 2. The summed E-state index contributed by atoms with van der Waals surface area (Å²) in [7, 11) is 1.44. The van der Waals surface area contributed by atoms with Crippen molar-refractivity contribution in [2.75, 3.05) is 23.9 Å². The van der Waals surface area contributed by atoms with E-state index in [1.165, 1.54) is 29.9 Å². The molecule has 4 rings (SSSR count). The van der Waals surface area contributed by atoms with Crippen molar-refractivity contribution < 1.29 is 13.9 Å². The molecule has 160 valence electrons. The lowest BCUT2D eigenvalue weighted by atomic mass is 10.3. The number of carbonyl (C=O) groups excluding carboxylic acids is 1. The molecule has 31 heavy (non-hydrogen) atoms. The molecule has 0 radical (unpaired) electrons. The molecular formula is C20H17ClFN5O4. The van der Waals surface area contributed by atoms with E-state index >= 15 is 0 Å². The van der Waals surface area contributed by atoms with Crippen LogP contribution in [0.3, 0.4) is 0 Å². The van der Waals surface area contributed by atoms with Crippen molar-refractivity contribution >= 4 is 34.8 Å². The highest BCUT2D eigenvalue weighted by Crippen LogP contribution is 2.28. The number of halogens is 2. The summed E-state index contributed by atoms with van der Waals surface area (Å²) < 4.78 is 20.5. The largest absolute Gasteiger partial charge is 0.495 e. The first-order chi connectivity index (χ1) is 14.9. The fourth-order valence-corrected chi connectivity index (χ4v) is 3.47. The zero-order valence-corrected chi connectivity index (χ0v) is 17.1. The smallest absolute Gasteiger partial charge is 0.333 e. The minimum atomic E-state index is -0.919. The minimum Gasteiger partial charge on any atom is -0.495 e. The Labute approximate surface area is 180 Å². The molecule has 3 aromatic rings. The first-order valence-electron chi connectivity index (χ1n) is 9.26. The standard InChI is InChI=1S/C20H17ClFN5O4/c1-31-16-7-2-12(21)10-15(16)23-17(28)11-27-19(30)18(29)26-9-8-25(20(26)24-27)14-5-3-13(22)4-6-14/h2-7,10H,8-9,11H2,1H3,(H,23,28). The molecule has 9 nitrogen and oxygen atoms in total. The van der Waals surface area contributed by atoms with E-state index in [-0.39, 0.29) is 12.5 Å². The van der Waals surface area contributed by atoms with E-state index in [4.69, 9.17) is 16.3 Å². The summed E-state index contributed by atoms with van der Waals surface area (Å²) in [5.41, 5.74) is -0.780. The van der Waals surface area contributed by atoms with Gasteiger partial charge in [0.15, 0.2) is 0 Å². The third-order valence-electron chi connectivity index (χ3n) is 4.77. The summed E-state index contributed by atoms with van der Waals surface area (Å²) in [5, 5.41) is 7.21. The van der Waals surface area contributed by atoms with E-state index in [1.807, 2.05) is 0 Å². The average Bonchev–Trinajstić information content (AvgIpc) is 3.16. The summed E-state index contributed by atoms with van der Waals surface area (Å²) in [6, 6.07) is 10.4. The number of anilines is 3. The Hall–Kier alpha value is -3.66. The summed E-state index contributed by atoms with van der Waals surface area (Å²) >= 11 is 5.96. The first kappa shape index (κ1) is 20.6. The van der Waals surface area contributed by atoms with Crippen molar-refractivity contribution in [1.29, 1.82) is 0 Å². The highest BCUT2D eigenvalue weighted by molar-refractivity contribution is 6.31. The monoisotopic (exact) mass is 445 g/mol. The molecule has 0 unspecified atom stereocenters. The fourth-order valence-electron chi connectivity index (χ4n) is 3.30. The van der Waals surface area contributed by atoms with Crippen LogP contribution in [0.2, 0.25) is 5.02 Å². The van der Waals surface area contributed by atoms with Crippen LogP contribution in [0.1, 0.15) is 0 Å². The SMILES string of the molecule is COc1ccc(Cl)cc1NC(=O)Cn1nc2n(c(=O)c1=O)CCN2c1ccc(F)cc1. The van der Waals surface area contributed by atoms with Crippen molar-refractivity contribution in [2.45, 2.75) is 13.1 Å². The van der Waals surface area contributed by atoms with Gasteiger partial charge in [0, 0.05) is 23.8 Å². The molecule has 11 heteroatoms. The van der Waals surface area contributed by atoms with Crippen molar-refractivity contribution in [3.05, 3.63) is 74.0 Å². The van der Waals surface area contributed by atoms with Crippen LogP contribution in [0.25, 0.3) is 0 Å². The van der Waals surface area contributed by atoms with Crippen LogP contribution >= 0.6 is 11.6 Å². The lowest BCUT2D eigenvalue weighted by molar-refractivity contribution is -0.117. The van der Waals surface area contributed by atoms with Crippen molar-refractivity contribution in [1.82, 2.24) is 14.3 Å². The van der Waals surface area contributed by atoms with Crippen molar-refractivity contribution in [3.63, 3.8) is 0 Å². The second-order valence-corrected chi connectivity index (χ2v) is 7.18. The molecule has 0 bridgehead atoms. The Morgan fingerprint density at radius 1 is 1.16 bits per heavy atom. The van der Waals surface area contributed by atoms with Crippen molar-refractivity contribution in [2.24, 2.45) is 0 Å². The molecule has 0 saturated heterocycles. The number of methoxy groups -OCH3 is 1. The van der Waals surface area contributed by atoms with Gasteiger partial charge in [0.25, 0.3) is 0 Å². The second kappa shape index (κ2) is 8.23. The number of ether oxygens (including phenoxy) is 1. The molecule has 1 N–H and O–H groups in total. The van der Waals surface area contributed by atoms with Crippen LogP contribution in [0, 0.1) is 5.82 Å². The van der Waals surface area contributed by atoms with Gasteiger partial charge in [-0.2, -0.15) is 0 Å². The number of aromatic nitrogens is 3. The molecule has 1 aromatic heterocycles. The molecule has 2 aromatic carbocycles. The van der Waals surface area contributed by atoms with E-state index in [1.54, 1.807) is 29.2 Å². The predicted octanol–water partition coefficient (Wildman–Crippen LogP) is 2.00. The van der Waals surface area contributed by atoms with E-state index in [0.717, 1.165) is 4.68 Å². The number of hydrogen-bond acceptors (Lipinski definition) is 6. The maximum Gasteiger partial charge on any atom is 0.333 e. The molecule has 0 fully saturated rings. The number of hydrogen-bond donors (Lipinski definition) is 1. The molecule has 1 amide bonds. The van der Waals surface area contributed by atoms with Gasteiger partial charge in [-0.3, -0.25) is 19.0 Å². The van der Waals surface area contributed by atoms with Gasteiger partial charge in [-0.15, -0.1) is 5.10 Å². The number of carbonyl (C=O) groups is 1. The summed E-state index contributed by atoms with van der Waals surface area (Å²) in [6.07, 6.45) is 0. The fraction of sp³-hybridized carbons (Fsp3) is 0.200. The van der Waals surface area contributed by atoms with Crippen LogP contribution in [0.15, 0.2) is 52.1 Å². The van der Waals surface area contributed by atoms with Gasteiger partial charge in [-0.1, -0.05) is 11.6 Å². The van der Waals surface area contributed by atoms with E-state index in [0.29, 0.717) is 28.7 Å². The van der Waals surface area contributed by atoms with Gasteiger partial charge < -0.3 is 15.0 Å². The highest BCUT2D eigenvalue weighted by Gasteiger charge is 2.26. The molecule has 1 aliphatic rings. The molecule has 0 saturated carbocycles. The van der Waals surface area contributed by atoms with Crippen LogP contribution in [0.5, 0.6) is 5.75 Å². The maximum absolute atomic E-state index is 13.3. The average molecular weight is 446 g/mol. The predicted molar refractivity (Wildman–Crippen MR) is 113 cm³/mol. The zero-order chi connectivity index (χ0) is 22.1. The number of amides is 1. The van der Waals surface area contributed by atoms with Gasteiger partial charge in [-0.05, 0) is 42.5 Å². The van der Waals surface area contributed by atoms with Gasteiger partial charge in [-0.25, -0.2) is 9.07 Å². The van der Waals surface area contributed by atoms with Crippen LogP contribution < -0.4 is 26.1 Å². The Morgan fingerprint density at radius 2 is 1.90 bits per heavy atom. The van der Waals surface area contributed by atoms with Crippen molar-refractivity contribution in [3.8, 4) is 5.75 Å². The number of fused-ring (bicyclic) bond motifs is 1. The molecule has 0 spiro atoms. The Morgan fingerprint density at radius 3 is 2.61 bits per heavy atom. The Bertz CT molecular complexity index is 1270. The number of rotatable bonds is 5. The van der Waals surface area contributed by atoms with Gasteiger partial charge >= 0.3 is 11.1 Å². The third-order valence-corrected chi connectivity index (χ3v) is 5.01. The summed E-state index contributed by atoms with van der Waals surface area (Å²) in [4.78, 5) is 39.2. The maximum atomic E-state index is 13.3. The molecule has 0 atom stereocenters.